The van der Waals surface area contributed by atoms with Crippen LogP contribution in [0, 0.1) is 0 Å². The average molecular weight is 362 g/mol. The van der Waals surface area contributed by atoms with E-state index in [2.05, 4.69) is 21.0 Å². The highest BCUT2D eigenvalue weighted by Gasteiger charge is 2.23. The van der Waals surface area contributed by atoms with Crippen LogP contribution in [0.15, 0.2) is 10.7 Å². The molecular formula is C14H24BrN3O3. The maximum atomic E-state index is 11.9. The topological polar surface area (TPSA) is 56.6 Å². The van der Waals surface area contributed by atoms with Crippen molar-refractivity contribution in [3.63, 3.8) is 0 Å². The summed E-state index contributed by atoms with van der Waals surface area (Å²) in [6.07, 6.45) is 1.52. The lowest BCUT2D eigenvalue weighted by molar-refractivity contribution is 0.00884. The number of nitrogens with zero attached hydrogens (tertiary/aromatic N) is 3. The molecule has 0 bridgehead atoms. The van der Waals surface area contributed by atoms with Crippen LogP contribution >= 0.6 is 15.9 Å². The molecule has 6 nitrogen and oxygen atoms in total. The second kappa shape index (κ2) is 7.26. The van der Waals surface area contributed by atoms with Gasteiger partial charge in [-0.2, -0.15) is 5.10 Å². The first-order valence-corrected chi connectivity index (χ1v) is 7.61. The van der Waals surface area contributed by atoms with Gasteiger partial charge in [-0.25, -0.2) is 4.79 Å². The minimum absolute atomic E-state index is 0.0812. The standard InChI is InChI=1S/C14H24BrN3O3/c1-10(18(6)13(19)21-14(2,3)4)8-20-9-12-11(15)7-17(5)16-12/h7,10H,8-9H2,1-6H3/t10-/m1/s1. The van der Waals surface area contributed by atoms with Gasteiger partial charge in [0.05, 0.1) is 23.7 Å². The number of halogens is 1. The van der Waals surface area contributed by atoms with E-state index in [1.807, 2.05) is 40.9 Å². The Balaban J connectivity index is 2.41. The van der Waals surface area contributed by atoms with Gasteiger partial charge >= 0.3 is 6.09 Å². The van der Waals surface area contributed by atoms with Crippen molar-refractivity contribution in [2.45, 2.75) is 45.9 Å². The molecule has 0 unspecified atom stereocenters. The van der Waals surface area contributed by atoms with E-state index >= 15 is 0 Å². The molecule has 1 aromatic heterocycles. The van der Waals surface area contributed by atoms with E-state index in [0.717, 1.165) is 10.2 Å². The molecule has 1 atom stereocenters. The monoisotopic (exact) mass is 361 g/mol. The number of hydrogen-bond acceptors (Lipinski definition) is 4. The van der Waals surface area contributed by atoms with Crippen LogP contribution in [0.3, 0.4) is 0 Å². The van der Waals surface area contributed by atoms with Gasteiger partial charge in [0.25, 0.3) is 0 Å². The second-order valence-electron chi connectivity index (χ2n) is 6.05. The van der Waals surface area contributed by atoms with Gasteiger partial charge in [-0.15, -0.1) is 0 Å². The predicted molar refractivity (Wildman–Crippen MR) is 84.0 cm³/mol. The molecule has 0 aliphatic heterocycles. The van der Waals surface area contributed by atoms with Gasteiger partial charge in [0, 0.05) is 20.3 Å². The summed E-state index contributed by atoms with van der Waals surface area (Å²) in [7, 11) is 3.56. The summed E-state index contributed by atoms with van der Waals surface area (Å²) < 4.78 is 13.6. The number of hydrogen-bond donors (Lipinski definition) is 0. The van der Waals surface area contributed by atoms with Crippen LogP contribution in [0.4, 0.5) is 4.79 Å². The lowest BCUT2D eigenvalue weighted by Gasteiger charge is -2.28. The average Bonchev–Trinajstić information content (AvgIpc) is 2.64. The normalized spacial score (nSPS) is 13.1. The number of amides is 1. The minimum atomic E-state index is -0.495. The first kappa shape index (κ1) is 18.0. The molecule has 1 rings (SSSR count). The maximum absolute atomic E-state index is 11.9. The van der Waals surface area contributed by atoms with Crippen molar-refractivity contribution in [3.05, 3.63) is 16.4 Å². The van der Waals surface area contributed by atoms with E-state index in [9.17, 15) is 4.79 Å². The van der Waals surface area contributed by atoms with E-state index in [-0.39, 0.29) is 12.1 Å². The van der Waals surface area contributed by atoms with E-state index in [1.165, 1.54) is 0 Å². The van der Waals surface area contributed by atoms with Gasteiger partial charge in [-0.3, -0.25) is 4.68 Å². The number of rotatable bonds is 5. The van der Waals surface area contributed by atoms with Gasteiger partial charge in [0.15, 0.2) is 0 Å². The van der Waals surface area contributed by atoms with Crippen LogP contribution in [0.5, 0.6) is 0 Å². The van der Waals surface area contributed by atoms with Gasteiger partial charge in [0.1, 0.15) is 11.3 Å². The number of carbonyl (C=O) groups excluding carboxylic acids is 1. The van der Waals surface area contributed by atoms with E-state index in [4.69, 9.17) is 9.47 Å². The highest BCUT2D eigenvalue weighted by molar-refractivity contribution is 9.10. The summed E-state index contributed by atoms with van der Waals surface area (Å²) >= 11 is 3.42. The summed E-state index contributed by atoms with van der Waals surface area (Å²) in [4.78, 5) is 13.5. The van der Waals surface area contributed by atoms with Crippen molar-refractivity contribution >= 4 is 22.0 Å². The van der Waals surface area contributed by atoms with Crippen LogP contribution < -0.4 is 0 Å². The van der Waals surface area contributed by atoms with Gasteiger partial charge in [-0.05, 0) is 43.6 Å². The molecule has 21 heavy (non-hydrogen) atoms. The molecule has 0 spiro atoms. The molecule has 120 valence electrons. The fourth-order valence-corrected chi connectivity index (χ4v) is 2.05. The first-order chi connectivity index (χ1) is 9.60. The van der Waals surface area contributed by atoms with E-state index < -0.39 is 5.60 Å². The van der Waals surface area contributed by atoms with Crippen molar-refractivity contribution in [1.29, 1.82) is 0 Å². The molecular weight excluding hydrogens is 338 g/mol. The van der Waals surface area contributed by atoms with Crippen LogP contribution in [-0.4, -0.2) is 46.1 Å². The Hall–Kier alpha value is -1.08. The number of aryl methyl sites for hydroxylation is 1. The highest BCUT2D eigenvalue weighted by atomic mass is 79.9. The number of likely N-dealkylation sites (N-methyl/N-ethyl adjacent to an activating group) is 1. The molecule has 1 aromatic rings. The smallest absolute Gasteiger partial charge is 0.410 e. The third-order valence-electron chi connectivity index (χ3n) is 2.79. The minimum Gasteiger partial charge on any atom is -0.444 e. The SMILES string of the molecule is C[C@H](COCc1nn(C)cc1Br)N(C)C(=O)OC(C)(C)C. The molecule has 0 aliphatic carbocycles. The Kier molecular flexibility index (Phi) is 6.22. The Morgan fingerprint density at radius 3 is 2.62 bits per heavy atom. The molecule has 7 heteroatoms. The molecule has 0 aliphatic rings. The summed E-state index contributed by atoms with van der Waals surface area (Å²) in [6, 6.07) is -0.0812. The lowest BCUT2D eigenvalue weighted by Crippen LogP contribution is -2.41. The Morgan fingerprint density at radius 1 is 1.52 bits per heavy atom. The largest absolute Gasteiger partial charge is 0.444 e. The lowest BCUT2D eigenvalue weighted by atomic mass is 10.2. The Bertz CT molecular complexity index is 482. The summed E-state index contributed by atoms with van der Waals surface area (Å²) in [5.74, 6) is 0. The summed E-state index contributed by atoms with van der Waals surface area (Å²) in [6.45, 7) is 8.26. The predicted octanol–water partition coefficient (Wildman–Crippen LogP) is 2.95. The molecule has 0 aromatic carbocycles. The number of aromatic nitrogens is 2. The zero-order valence-corrected chi connectivity index (χ0v) is 15.1. The zero-order valence-electron chi connectivity index (χ0n) is 13.5. The molecule has 0 N–H and O–H groups in total. The molecule has 0 radical (unpaired) electrons. The van der Waals surface area contributed by atoms with Crippen LogP contribution in [0.2, 0.25) is 0 Å². The van der Waals surface area contributed by atoms with Crippen LogP contribution in [-0.2, 0) is 23.1 Å². The molecule has 1 heterocycles. The Morgan fingerprint density at radius 2 is 2.14 bits per heavy atom. The third-order valence-corrected chi connectivity index (χ3v) is 3.46. The van der Waals surface area contributed by atoms with Crippen molar-refractivity contribution in [2.75, 3.05) is 13.7 Å². The van der Waals surface area contributed by atoms with Crippen molar-refractivity contribution in [2.24, 2.45) is 7.05 Å². The highest BCUT2D eigenvalue weighted by Crippen LogP contribution is 2.15. The fraction of sp³-hybridized carbons (Fsp3) is 0.714. The van der Waals surface area contributed by atoms with Gasteiger partial charge in [0.2, 0.25) is 0 Å². The van der Waals surface area contributed by atoms with Crippen molar-refractivity contribution < 1.29 is 14.3 Å². The van der Waals surface area contributed by atoms with Crippen LogP contribution in [0.25, 0.3) is 0 Å². The van der Waals surface area contributed by atoms with E-state index in [0.29, 0.717) is 13.2 Å². The maximum Gasteiger partial charge on any atom is 0.410 e. The zero-order chi connectivity index (χ0) is 16.2. The fourth-order valence-electron chi connectivity index (χ4n) is 1.56. The second-order valence-corrected chi connectivity index (χ2v) is 6.91. The van der Waals surface area contributed by atoms with Crippen molar-refractivity contribution in [1.82, 2.24) is 14.7 Å². The van der Waals surface area contributed by atoms with Gasteiger partial charge in [-0.1, -0.05) is 0 Å². The van der Waals surface area contributed by atoms with Gasteiger partial charge < -0.3 is 14.4 Å². The molecule has 1 amide bonds. The molecule has 0 saturated heterocycles. The third kappa shape index (κ3) is 6.05. The quantitative estimate of drug-likeness (QED) is 0.808. The number of carbonyl (C=O) groups is 1. The summed E-state index contributed by atoms with van der Waals surface area (Å²) in [5.41, 5.74) is 0.342. The number of ether oxygens (including phenoxy) is 2. The van der Waals surface area contributed by atoms with E-state index in [1.54, 1.807) is 16.6 Å². The molecule has 0 fully saturated rings. The summed E-state index contributed by atoms with van der Waals surface area (Å²) in [5, 5.41) is 4.28. The molecule has 0 saturated carbocycles. The Labute approximate surface area is 134 Å². The van der Waals surface area contributed by atoms with Crippen molar-refractivity contribution in [3.8, 4) is 0 Å². The first-order valence-electron chi connectivity index (χ1n) is 6.81. The van der Waals surface area contributed by atoms with Crippen LogP contribution in [0.1, 0.15) is 33.4 Å².